The second-order valence-electron chi connectivity index (χ2n) is 7.06. The lowest BCUT2D eigenvalue weighted by molar-refractivity contribution is 0.664. The predicted octanol–water partition coefficient (Wildman–Crippen LogP) is 6.24. The molecule has 0 atom stereocenters. The molecule has 0 saturated heterocycles. The van der Waals surface area contributed by atoms with Gasteiger partial charge >= 0.3 is 0 Å². The summed E-state index contributed by atoms with van der Waals surface area (Å²) in [7, 11) is 0. The second-order valence-corrected chi connectivity index (χ2v) is 7.06. The van der Waals surface area contributed by atoms with Crippen LogP contribution >= 0.6 is 0 Å². The van der Waals surface area contributed by atoms with Crippen LogP contribution in [0.1, 0.15) is 30.9 Å². The van der Waals surface area contributed by atoms with Gasteiger partial charge in [0.2, 0.25) is 0 Å². The molecular formula is C25H23N3. The maximum atomic E-state index is 9.78. The van der Waals surface area contributed by atoms with Crippen molar-refractivity contribution in [1.82, 2.24) is 4.57 Å². The fraction of sp³-hybridized carbons (Fsp3) is 0.160. The molecule has 138 valence electrons. The van der Waals surface area contributed by atoms with Crippen LogP contribution in [0.15, 0.2) is 66.7 Å². The van der Waals surface area contributed by atoms with Crippen molar-refractivity contribution in [2.75, 3.05) is 5.73 Å². The van der Waals surface area contributed by atoms with E-state index in [-0.39, 0.29) is 0 Å². The Kier molecular flexibility index (Phi) is 4.87. The smallest absolute Gasteiger partial charge is 0.0998 e. The van der Waals surface area contributed by atoms with Gasteiger partial charge < -0.3 is 10.3 Å². The molecule has 0 aliphatic heterocycles. The van der Waals surface area contributed by atoms with Crippen molar-refractivity contribution in [1.29, 1.82) is 5.26 Å². The molecular weight excluding hydrogens is 342 g/mol. The summed E-state index contributed by atoms with van der Waals surface area (Å²) < 4.78 is 2.40. The zero-order valence-corrected chi connectivity index (χ0v) is 16.0. The van der Waals surface area contributed by atoms with Crippen LogP contribution in [-0.4, -0.2) is 4.57 Å². The van der Waals surface area contributed by atoms with Crippen LogP contribution < -0.4 is 5.73 Å². The van der Waals surface area contributed by atoms with Gasteiger partial charge in [0.15, 0.2) is 0 Å². The van der Waals surface area contributed by atoms with E-state index in [0.717, 1.165) is 30.5 Å². The number of anilines is 1. The number of hydrogen-bond acceptors (Lipinski definition) is 2. The Hall–Kier alpha value is -3.51. The SMILES string of the molecule is CCCCn1c2ccccc2c2cccc(C=C(C#N)c3ccc(N)cc3)c21. The molecule has 4 aromatic rings. The monoisotopic (exact) mass is 365 g/mol. The van der Waals surface area contributed by atoms with Crippen LogP contribution in [0.5, 0.6) is 0 Å². The number of nitriles is 1. The van der Waals surface area contributed by atoms with Crippen LogP contribution in [0, 0.1) is 11.3 Å². The fourth-order valence-corrected chi connectivity index (χ4v) is 3.80. The number of para-hydroxylation sites is 2. The second kappa shape index (κ2) is 7.62. The molecule has 3 nitrogen and oxygen atoms in total. The first-order valence-electron chi connectivity index (χ1n) is 9.70. The molecule has 4 rings (SSSR count). The minimum atomic E-state index is 0.639. The molecule has 1 aromatic heterocycles. The van der Waals surface area contributed by atoms with Crippen LogP contribution in [0.3, 0.4) is 0 Å². The Bertz CT molecular complexity index is 1200. The van der Waals surface area contributed by atoms with Gasteiger partial charge in [0.05, 0.1) is 17.2 Å². The number of hydrogen-bond donors (Lipinski definition) is 1. The van der Waals surface area contributed by atoms with Crippen molar-refractivity contribution >= 4 is 39.1 Å². The fourth-order valence-electron chi connectivity index (χ4n) is 3.80. The maximum absolute atomic E-state index is 9.78. The molecule has 0 bridgehead atoms. The Morgan fingerprint density at radius 1 is 1.00 bits per heavy atom. The van der Waals surface area contributed by atoms with Crippen molar-refractivity contribution in [2.45, 2.75) is 26.3 Å². The maximum Gasteiger partial charge on any atom is 0.0998 e. The molecule has 0 fully saturated rings. The molecule has 1 heterocycles. The Balaban J connectivity index is 1.96. The highest BCUT2D eigenvalue weighted by Crippen LogP contribution is 2.33. The number of aryl methyl sites for hydroxylation is 1. The van der Waals surface area contributed by atoms with Gasteiger partial charge in [-0.1, -0.05) is 61.9 Å². The third kappa shape index (κ3) is 3.14. The van der Waals surface area contributed by atoms with Gasteiger partial charge in [0.1, 0.15) is 0 Å². The highest BCUT2D eigenvalue weighted by atomic mass is 15.0. The van der Waals surface area contributed by atoms with Crippen molar-refractivity contribution < 1.29 is 0 Å². The van der Waals surface area contributed by atoms with Crippen LogP contribution in [0.4, 0.5) is 5.69 Å². The van der Waals surface area contributed by atoms with Gasteiger partial charge in [0.25, 0.3) is 0 Å². The summed E-state index contributed by atoms with van der Waals surface area (Å²) in [5.74, 6) is 0. The zero-order chi connectivity index (χ0) is 19.5. The van der Waals surface area contributed by atoms with Gasteiger partial charge in [-0.3, -0.25) is 0 Å². The average Bonchev–Trinajstić information content (AvgIpc) is 3.06. The summed E-state index contributed by atoms with van der Waals surface area (Å²) in [6.45, 7) is 3.18. The van der Waals surface area contributed by atoms with Gasteiger partial charge in [-0.2, -0.15) is 5.26 Å². The number of nitrogens with zero attached hydrogens (tertiary/aromatic N) is 2. The molecule has 3 aromatic carbocycles. The largest absolute Gasteiger partial charge is 0.399 e. The highest BCUT2D eigenvalue weighted by Gasteiger charge is 2.13. The van der Waals surface area contributed by atoms with Crippen molar-refractivity contribution in [3.63, 3.8) is 0 Å². The van der Waals surface area contributed by atoms with E-state index in [9.17, 15) is 5.26 Å². The highest BCUT2D eigenvalue weighted by molar-refractivity contribution is 6.11. The number of benzene rings is 3. The molecule has 0 spiro atoms. The summed E-state index contributed by atoms with van der Waals surface area (Å²) in [5, 5.41) is 12.3. The molecule has 0 aliphatic rings. The lowest BCUT2D eigenvalue weighted by Crippen LogP contribution is -1.98. The van der Waals surface area contributed by atoms with Crippen molar-refractivity contribution in [2.24, 2.45) is 0 Å². The topological polar surface area (TPSA) is 54.7 Å². The summed E-state index contributed by atoms with van der Waals surface area (Å²) in [5.41, 5.74) is 11.5. The average molecular weight is 365 g/mol. The number of fused-ring (bicyclic) bond motifs is 3. The van der Waals surface area contributed by atoms with Crippen LogP contribution in [-0.2, 0) is 6.54 Å². The summed E-state index contributed by atoms with van der Waals surface area (Å²) in [6, 6.07) is 24.7. The van der Waals surface area contributed by atoms with E-state index in [2.05, 4.69) is 60.0 Å². The first-order valence-corrected chi connectivity index (χ1v) is 9.70. The number of aromatic nitrogens is 1. The van der Waals surface area contributed by atoms with Crippen molar-refractivity contribution in [3.05, 3.63) is 77.9 Å². The molecule has 3 heteroatoms. The number of unbranched alkanes of at least 4 members (excludes halogenated alkanes) is 1. The molecule has 0 aliphatic carbocycles. The van der Waals surface area contributed by atoms with E-state index in [1.807, 2.05) is 30.3 Å². The van der Waals surface area contributed by atoms with Crippen LogP contribution in [0.25, 0.3) is 33.5 Å². The molecule has 0 amide bonds. The lowest BCUT2D eigenvalue weighted by atomic mass is 10.0. The van der Waals surface area contributed by atoms with Gasteiger partial charge in [0, 0.05) is 34.1 Å². The van der Waals surface area contributed by atoms with E-state index in [1.165, 1.54) is 21.8 Å². The normalized spacial score (nSPS) is 11.8. The Morgan fingerprint density at radius 3 is 2.50 bits per heavy atom. The molecule has 0 radical (unpaired) electrons. The van der Waals surface area contributed by atoms with Crippen LogP contribution in [0.2, 0.25) is 0 Å². The third-order valence-electron chi connectivity index (χ3n) is 5.20. The van der Waals surface area contributed by atoms with E-state index in [0.29, 0.717) is 11.3 Å². The molecule has 0 saturated carbocycles. The standard InChI is InChI=1S/C25H23N3/c1-2-3-15-28-24-10-5-4-8-22(24)23-9-6-7-19(25(23)28)16-20(17-26)18-11-13-21(27)14-12-18/h4-14,16H,2-3,15,27H2,1H3. The van der Waals surface area contributed by atoms with E-state index >= 15 is 0 Å². The molecule has 28 heavy (non-hydrogen) atoms. The molecule has 0 unspecified atom stereocenters. The Morgan fingerprint density at radius 2 is 1.75 bits per heavy atom. The summed E-state index contributed by atoms with van der Waals surface area (Å²) in [6.07, 6.45) is 4.25. The van der Waals surface area contributed by atoms with E-state index in [4.69, 9.17) is 5.73 Å². The van der Waals surface area contributed by atoms with Gasteiger partial charge in [-0.25, -0.2) is 0 Å². The quantitative estimate of drug-likeness (QED) is 0.258. The summed E-state index contributed by atoms with van der Waals surface area (Å²) >= 11 is 0. The molecule has 2 N–H and O–H groups in total. The number of nitrogens with two attached hydrogens (primary N) is 1. The van der Waals surface area contributed by atoms with Gasteiger partial charge in [-0.15, -0.1) is 0 Å². The first kappa shape index (κ1) is 17.9. The minimum absolute atomic E-state index is 0.639. The predicted molar refractivity (Wildman–Crippen MR) is 119 cm³/mol. The number of nitrogen functional groups attached to an aromatic ring is 1. The lowest BCUT2D eigenvalue weighted by Gasteiger charge is -2.09. The van der Waals surface area contributed by atoms with Gasteiger partial charge in [-0.05, 0) is 36.3 Å². The zero-order valence-electron chi connectivity index (χ0n) is 16.0. The van der Waals surface area contributed by atoms with E-state index in [1.54, 1.807) is 0 Å². The first-order chi connectivity index (χ1) is 13.7. The minimum Gasteiger partial charge on any atom is -0.399 e. The summed E-state index contributed by atoms with van der Waals surface area (Å²) in [4.78, 5) is 0. The number of allylic oxidation sites excluding steroid dienone is 1. The number of rotatable bonds is 5. The van der Waals surface area contributed by atoms with E-state index < -0.39 is 0 Å². The third-order valence-corrected chi connectivity index (χ3v) is 5.20. The van der Waals surface area contributed by atoms with Crippen molar-refractivity contribution in [3.8, 4) is 6.07 Å². The Labute approximate surface area is 165 Å².